The van der Waals surface area contributed by atoms with Crippen molar-refractivity contribution >= 4 is 16.8 Å². The molecule has 0 radical (unpaired) electrons. The number of imidazole rings is 1. The van der Waals surface area contributed by atoms with Crippen LogP contribution in [0.3, 0.4) is 0 Å². The summed E-state index contributed by atoms with van der Waals surface area (Å²) >= 11 is 0. The number of benzene rings is 1. The van der Waals surface area contributed by atoms with E-state index in [1.54, 1.807) is 0 Å². The van der Waals surface area contributed by atoms with Crippen molar-refractivity contribution < 1.29 is 4.79 Å². The van der Waals surface area contributed by atoms with Crippen LogP contribution < -0.4 is 5.32 Å². The minimum Gasteiger partial charge on any atom is -0.342 e. The molecule has 0 saturated heterocycles. The van der Waals surface area contributed by atoms with Crippen LogP contribution in [0.5, 0.6) is 0 Å². The highest BCUT2D eigenvalue weighted by atomic mass is 16.1. The number of aromatic nitrogens is 2. The van der Waals surface area contributed by atoms with Crippen LogP contribution in [0.15, 0.2) is 18.2 Å². The van der Waals surface area contributed by atoms with Crippen LogP contribution >= 0.6 is 0 Å². The van der Waals surface area contributed by atoms with Crippen molar-refractivity contribution in [2.45, 2.75) is 38.6 Å². The van der Waals surface area contributed by atoms with Crippen LogP contribution in [0.2, 0.25) is 0 Å². The van der Waals surface area contributed by atoms with Gasteiger partial charge in [0.1, 0.15) is 5.82 Å². The molecular formula is C15H19N3O. The van der Waals surface area contributed by atoms with Gasteiger partial charge in [-0.15, -0.1) is 0 Å². The molecule has 2 N–H and O–H groups in total. The number of fused-ring (bicyclic) bond motifs is 1. The molecular weight excluding hydrogens is 238 g/mol. The summed E-state index contributed by atoms with van der Waals surface area (Å²) in [4.78, 5) is 19.8. The summed E-state index contributed by atoms with van der Waals surface area (Å²) in [5.41, 5.74) is 2.66. The number of carbonyl (C=O) groups is 1. The zero-order valence-electron chi connectivity index (χ0n) is 11.2. The Morgan fingerprint density at radius 1 is 1.47 bits per heavy atom. The van der Waals surface area contributed by atoms with E-state index in [2.05, 4.69) is 22.2 Å². The Kier molecular flexibility index (Phi) is 3.34. The van der Waals surface area contributed by atoms with Crippen LogP contribution in [0.1, 0.15) is 42.4 Å². The highest BCUT2D eigenvalue weighted by Gasteiger charge is 2.21. The van der Waals surface area contributed by atoms with E-state index in [1.165, 1.54) is 12.8 Å². The summed E-state index contributed by atoms with van der Waals surface area (Å²) in [6.07, 6.45) is 4.42. The van der Waals surface area contributed by atoms with Crippen LogP contribution in [-0.2, 0) is 6.42 Å². The molecule has 0 unspecified atom stereocenters. The van der Waals surface area contributed by atoms with Crippen molar-refractivity contribution in [3.05, 3.63) is 29.6 Å². The van der Waals surface area contributed by atoms with Crippen LogP contribution in [0.4, 0.5) is 0 Å². The summed E-state index contributed by atoms with van der Waals surface area (Å²) in [6, 6.07) is 6.28. The number of nitrogens with one attached hydrogen (secondary N) is 2. The molecule has 1 aliphatic rings. The van der Waals surface area contributed by atoms with Crippen LogP contribution in [0.25, 0.3) is 11.0 Å². The van der Waals surface area contributed by atoms with E-state index < -0.39 is 0 Å². The molecule has 1 aromatic carbocycles. The molecule has 100 valence electrons. The van der Waals surface area contributed by atoms with E-state index in [9.17, 15) is 4.79 Å². The van der Waals surface area contributed by atoms with Gasteiger partial charge >= 0.3 is 0 Å². The smallest absolute Gasteiger partial charge is 0.176 e. The Morgan fingerprint density at radius 2 is 2.32 bits per heavy atom. The van der Waals surface area contributed by atoms with Gasteiger partial charge in [-0.3, -0.25) is 4.79 Å². The lowest BCUT2D eigenvalue weighted by Gasteiger charge is -2.02. The molecule has 2 aromatic rings. The van der Waals surface area contributed by atoms with Gasteiger partial charge < -0.3 is 10.3 Å². The number of Topliss-reactive ketones (excluding diaryl/α,β-unsaturated/α-hetero) is 1. The minimum absolute atomic E-state index is 0.153. The van der Waals surface area contributed by atoms with E-state index in [1.807, 2.05) is 18.2 Å². The molecule has 1 aromatic heterocycles. The molecule has 4 heteroatoms. The van der Waals surface area contributed by atoms with Gasteiger partial charge in [0.15, 0.2) is 5.78 Å². The summed E-state index contributed by atoms with van der Waals surface area (Å²) < 4.78 is 0. The first-order valence-corrected chi connectivity index (χ1v) is 7.01. The Balaban J connectivity index is 1.77. The summed E-state index contributed by atoms with van der Waals surface area (Å²) in [5.74, 6) is 1.15. The number of rotatable bonds is 6. The third-order valence-corrected chi connectivity index (χ3v) is 3.47. The van der Waals surface area contributed by atoms with E-state index in [-0.39, 0.29) is 5.78 Å². The number of hydrogen-bond acceptors (Lipinski definition) is 3. The van der Waals surface area contributed by atoms with Crippen molar-refractivity contribution in [2.75, 3.05) is 6.54 Å². The van der Waals surface area contributed by atoms with Crippen molar-refractivity contribution in [2.24, 2.45) is 0 Å². The zero-order chi connectivity index (χ0) is 13.2. The molecule has 3 rings (SSSR count). The summed E-state index contributed by atoms with van der Waals surface area (Å²) in [7, 11) is 0. The topological polar surface area (TPSA) is 57.8 Å². The zero-order valence-corrected chi connectivity index (χ0v) is 11.2. The monoisotopic (exact) mass is 257 g/mol. The fraction of sp³-hybridized carbons (Fsp3) is 0.467. The van der Waals surface area contributed by atoms with Crippen LogP contribution in [-0.4, -0.2) is 28.3 Å². The third kappa shape index (κ3) is 2.84. The molecule has 1 saturated carbocycles. The predicted octanol–water partition coefficient (Wildman–Crippen LogP) is 2.45. The third-order valence-electron chi connectivity index (χ3n) is 3.47. The van der Waals surface area contributed by atoms with E-state index in [0.29, 0.717) is 12.6 Å². The fourth-order valence-corrected chi connectivity index (χ4v) is 2.22. The first-order chi connectivity index (χ1) is 9.26. The van der Waals surface area contributed by atoms with Gasteiger partial charge in [0.05, 0.1) is 17.6 Å². The van der Waals surface area contributed by atoms with Crippen molar-refractivity contribution in [1.82, 2.24) is 15.3 Å². The molecule has 1 aliphatic carbocycles. The first kappa shape index (κ1) is 12.4. The molecule has 0 bridgehead atoms. The number of H-pyrrole nitrogens is 1. The van der Waals surface area contributed by atoms with Crippen LogP contribution in [0, 0.1) is 0 Å². The number of carbonyl (C=O) groups excluding carboxylic acids is 1. The van der Waals surface area contributed by atoms with Crippen molar-refractivity contribution in [3.8, 4) is 0 Å². The Labute approximate surface area is 112 Å². The Bertz CT molecular complexity index is 598. The fourth-order valence-electron chi connectivity index (χ4n) is 2.22. The number of hydrogen-bond donors (Lipinski definition) is 2. The summed E-state index contributed by atoms with van der Waals surface area (Å²) in [5, 5.41) is 3.25. The van der Waals surface area contributed by atoms with Crippen molar-refractivity contribution in [3.63, 3.8) is 0 Å². The Morgan fingerprint density at radius 3 is 3.05 bits per heavy atom. The normalized spacial score (nSPS) is 15.0. The lowest BCUT2D eigenvalue weighted by atomic mass is 10.1. The highest BCUT2D eigenvalue weighted by Crippen LogP contribution is 2.19. The van der Waals surface area contributed by atoms with E-state index >= 15 is 0 Å². The average Bonchev–Trinajstić information content (AvgIpc) is 3.15. The molecule has 0 spiro atoms. The molecule has 0 aliphatic heterocycles. The van der Waals surface area contributed by atoms with Gasteiger partial charge in [0, 0.05) is 18.0 Å². The molecule has 19 heavy (non-hydrogen) atoms. The van der Waals surface area contributed by atoms with Gasteiger partial charge in [-0.05, 0) is 37.5 Å². The number of nitrogens with zero attached hydrogens (tertiary/aromatic N) is 1. The van der Waals surface area contributed by atoms with E-state index in [0.717, 1.165) is 35.3 Å². The number of aromatic amines is 1. The minimum atomic E-state index is 0.153. The SMILES string of the molecule is CCCc1nc2ccc(C(=O)CNC3CC3)cc2[nH]1. The number of ketones is 1. The predicted molar refractivity (Wildman–Crippen MR) is 75.4 cm³/mol. The second-order valence-corrected chi connectivity index (χ2v) is 5.24. The average molecular weight is 257 g/mol. The largest absolute Gasteiger partial charge is 0.342 e. The Hall–Kier alpha value is -1.68. The molecule has 1 fully saturated rings. The van der Waals surface area contributed by atoms with E-state index in [4.69, 9.17) is 0 Å². The second-order valence-electron chi connectivity index (χ2n) is 5.24. The maximum atomic E-state index is 12.1. The second kappa shape index (κ2) is 5.13. The van der Waals surface area contributed by atoms with Gasteiger partial charge in [-0.25, -0.2) is 4.98 Å². The molecule has 0 atom stereocenters. The first-order valence-electron chi connectivity index (χ1n) is 7.01. The molecule has 0 amide bonds. The van der Waals surface area contributed by atoms with Gasteiger partial charge in [0.25, 0.3) is 0 Å². The summed E-state index contributed by atoms with van der Waals surface area (Å²) in [6.45, 7) is 2.57. The standard InChI is InChI=1S/C15H19N3O/c1-2-3-15-17-12-7-4-10(8-13(12)18-15)14(19)9-16-11-5-6-11/h4,7-8,11,16H,2-3,5-6,9H2,1H3,(H,17,18). The van der Waals surface area contributed by atoms with Gasteiger partial charge in [0.2, 0.25) is 0 Å². The number of aryl methyl sites for hydroxylation is 1. The quantitative estimate of drug-likeness (QED) is 0.781. The molecule has 4 nitrogen and oxygen atoms in total. The van der Waals surface area contributed by atoms with Crippen molar-refractivity contribution in [1.29, 1.82) is 0 Å². The van der Waals surface area contributed by atoms with Gasteiger partial charge in [-0.2, -0.15) is 0 Å². The maximum Gasteiger partial charge on any atom is 0.176 e. The lowest BCUT2D eigenvalue weighted by molar-refractivity contribution is 0.0990. The molecule has 1 heterocycles. The maximum absolute atomic E-state index is 12.1. The highest BCUT2D eigenvalue weighted by molar-refractivity contribution is 6.00. The van der Waals surface area contributed by atoms with Gasteiger partial charge in [-0.1, -0.05) is 6.92 Å². The lowest BCUT2D eigenvalue weighted by Crippen LogP contribution is -2.24.